The Morgan fingerprint density at radius 1 is 1.12 bits per heavy atom. The van der Waals surface area contributed by atoms with Gasteiger partial charge in [-0.3, -0.25) is 9.59 Å². The lowest BCUT2D eigenvalue weighted by atomic mass is 9.77. The molecule has 1 saturated carbocycles. The van der Waals surface area contributed by atoms with Crippen molar-refractivity contribution in [3.63, 3.8) is 0 Å². The number of halogens is 1. The molecule has 1 aromatic carbocycles. The van der Waals surface area contributed by atoms with Gasteiger partial charge < -0.3 is 10.2 Å². The van der Waals surface area contributed by atoms with Gasteiger partial charge in [0.2, 0.25) is 11.8 Å². The van der Waals surface area contributed by atoms with Gasteiger partial charge in [0.15, 0.2) is 0 Å². The van der Waals surface area contributed by atoms with Crippen LogP contribution in [-0.2, 0) is 9.59 Å². The van der Waals surface area contributed by atoms with Gasteiger partial charge in [0, 0.05) is 17.4 Å². The zero-order valence-electron chi connectivity index (χ0n) is 14.7. The number of carbonyl (C=O) groups is 2. The number of hydrogen-bond acceptors (Lipinski definition) is 2. The molecule has 2 aliphatic rings. The van der Waals surface area contributed by atoms with Gasteiger partial charge in [-0.05, 0) is 49.3 Å². The molecule has 5 heteroatoms. The number of amides is 2. The van der Waals surface area contributed by atoms with E-state index >= 15 is 0 Å². The standard InChI is InChI=1S/C20H27BrN2O2/c21-17-11-9-16(10-12-17)20(15-6-5-7-15)22-18(24)14-23-13-4-2-1-3-8-19(23)25/h9-12,15,20H,1-8,13-14H2,(H,22,24). The van der Waals surface area contributed by atoms with Gasteiger partial charge >= 0.3 is 0 Å². The summed E-state index contributed by atoms with van der Waals surface area (Å²) < 4.78 is 1.04. The van der Waals surface area contributed by atoms with Crippen molar-refractivity contribution in [2.45, 2.75) is 57.4 Å². The normalized spacial score (nSPS) is 20.4. The summed E-state index contributed by atoms with van der Waals surface area (Å²) in [4.78, 5) is 26.6. The second kappa shape index (κ2) is 8.84. The van der Waals surface area contributed by atoms with Crippen molar-refractivity contribution in [1.82, 2.24) is 10.2 Å². The molecule has 136 valence electrons. The van der Waals surface area contributed by atoms with Crippen molar-refractivity contribution < 1.29 is 9.59 Å². The molecule has 2 amide bonds. The summed E-state index contributed by atoms with van der Waals surface area (Å²) in [7, 11) is 0. The number of nitrogens with one attached hydrogen (secondary N) is 1. The number of carbonyl (C=O) groups excluding carboxylic acids is 2. The van der Waals surface area contributed by atoms with E-state index in [-0.39, 0.29) is 24.4 Å². The van der Waals surface area contributed by atoms with Crippen molar-refractivity contribution in [3.8, 4) is 0 Å². The van der Waals surface area contributed by atoms with Crippen LogP contribution in [0.3, 0.4) is 0 Å². The van der Waals surface area contributed by atoms with E-state index in [0.717, 1.165) is 48.6 Å². The first-order chi connectivity index (χ1) is 12.1. The van der Waals surface area contributed by atoms with Crippen LogP contribution >= 0.6 is 15.9 Å². The Hall–Kier alpha value is -1.36. The van der Waals surface area contributed by atoms with Gasteiger partial charge in [-0.25, -0.2) is 0 Å². The van der Waals surface area contributed by atoms with Gasteiger partial charge in [0.05, 0.1) is 12.6 Å². The maximum Gasteiger partial charge on any atom is 0.240 e. The van der Waals surface area contributed by atoms with E-state index in [0.29, 0.717) is 18.9 Å². The number of hydrogen-bond donors (Lipinski definition) is 1. The van der Waals surface area contributed by atoms with Crippen LogP contribution in [0.1, 0.15) is 63.0 Å². The van der Waals surface area contributed by atoms with E-state index < -0.39 is 0 Å². The second-order valence-electron chi connectivity index (χ2n) is 7.27. The molecule has 1 aliphatic heterocycles. The molecule has 1 heterocycles. The molecule has 1 atom stereocenters. The van der Waals surface area contributed by atoms with Gasteiger partial charge in [-0.2, -0.15) is 0 Å². The minimum atomic E-state index is -0.0336. The second-order valence-corrected chi connectivity index (χ2v) is 8.18. The Morgan fingerprint density at radius 3 is 2.52 bits per heavy atom. The molecule has 1 N–H and O–H groups in total. The molecule has 1 aromatic rings. The summed E-state index contributed by atoms with van der Waals surface area (Å²) in [5.41, 5.74) is 1.15. The van der Waals surface area contributed by atoms with Crippen LogP contribution < -0.4 is 5.32 Å². The van der Waals surface area contributed by atoms with Crippen LogP contribution in [0.25, 0.3) is 0 Å². The molecule has 4 nitrogen and oxygen atoms in total. The highest BCUT2D eigenvalue weighted by atomic mass is 79.9. The lowest BCUT2D eigenvalue weighted by Gasteiger charge is -2.35. The molecule has 25 heavy (non-hydrogen) atoms. The Bertz CT molecular complexity index is 598. The number of rotatable bonds is 5. The largest absolute Gasteiger partial charge is 0.347 e. The Morgan fingerprint density at radius 2 is 1.84 bits per heavy atom. The topological polar surface area (TPSA) is 49.4 Å². The third-order valence-electron chi connectivity index (χ3n) is 5.42. The summed E-state index contributed by atoms with van der Waals surface area (Å²) in [6.45, 7) is 0.900. The van der Waals surface area contributed by atoms with Crippen molar-refractivity contribution >= 4 is 27.7 Å². The highest BCUT2D eigenvalue weighted by Gasteiger charge is 2.30. The van der Waals surface area contributed by atoms with Crippen LogP contribution in [-0.4, -0.2) is 29.8 Å². The first-order valence-electron chi connectivity index (χ1n) is 9.46. The van der Waals surface area contributed by atoms with Crippen LogP contribution in [0, 0.1) is 5.92 Å². The minimum absolute atomic E-state index is 0.0336. The van der Waals surface area contributed by atoms with Crippen LogP contribution in [0.4, 0.5) is 0 Å². The molecule has 1 unspecified atom stereocenters. The smallest absolute Gasteiger partial charge is 0.240 e. The lowest BCUT2D eigenvalue weighted by Crippen LogP contribution is -2.44. The summed E-state index contributed by atoms with van der Waals surface area (Å²) in [5, 5.41) is 3.21. The molecule has 3 rings (SSSR count). The SMILES string of the molecule is O=C(CN1CCCCCCC1=O)NC(c1ccc(Br)cc1)C1CCC1. The Labute approximate surface area is 158 Å². The molecule has 1 saturated heterocycles. The van der Waals surface area contributed by atoms with Crippen molar-refractivity contribution in [2.24, 2.45) is 5.92 Å². The molecule has 0 bridgehead atoms. The third kappa shape index (κ3) is 5.06. The molecule has 0 spiro atoms. The number of benzene rings is 1. The average Bonchev–Trinajstić information content (AvgIpc) is 2.53. The van der Waals surface area contributed by atoms with Crippen LogP contribution in [0.2, 0.25) is 0 Å². The Kier molecular flexibility index (Phi) is 6.51. The molecule has 0 radical (unpaired) electrons. The molecular weight excluding hydrogens is 380 g/mol. The fourth-order valence-electron chi connectivity index (χ4n) is 3.69. The zero-order chi connectivity index (χ0) is 17.6. The monoisotopic (exact) mass is 406 g/mol. The highest BCUT2D eigenvalue weighted by molar-refractivity contribution is 9.10. The fraction of sp³-hybridized carbons (Fsp3) is 0.600. The van der Waals surface area contributed by atoms with Crippen LogP contribution in [0.5, 0.6) is 0 Å². The van der Waals surface area contributed by atoms with E-state index in [2.05, 4.69) is 33.4 Å². The fourth-order valence-corrected chi connectivity index (χ4v) is 3.96. The van der Waals surface area contributed by atoms with Gasteiger partial charge in [0.25, 0.3) is 0 Å². The zero-order valence-corrected chi connectivity index (χ0v) is 16.3. The summed E-state index contributed by atoms with van der Waals surface area (Å²) >= 11 is 3.47. The van der Waals surface area contributed by atoms with Crippen molar-refractivity contribution in [3.05, 3.63) is 34.3 Å². The third-order valence-corrected chi connectivity index (χ3v) is 5.95. The minimum Gasteiger partial charge on any atom is -0.347 e. The van der Waals surface area contributed by atoms with E-state index in [1.165, 1.54) is 6.42 Å². The van der Waals surface area contributed by atoms with E-state index in [9.17, 15) is 9.59 Å². The first-order valence-corrected chi connectivity index (χ1v) is 10.3. The van der Waals surface area contributed by atoms with E-state index in [1.807, 2.05) is 12.1 Å². The summed E-state index contributed by atoms with van der Waals surface area (Å²) in [6.07, 6.45) is 8.34. The maximum absolute atomic E-state index is 12.6. The average molecular weight is 407 g/mol. The number of nitrogens with zero attached hydrogens (tertiary/aromatic N) is 1. The van der Waals surface area contributed by atoms with Gasteiger partial charge in [-0.1, -0.05) is 47.3 Å². The van der Waals surface area contributed by atoms with Gasteiger partial charge in [-0.15, -0.1) is 0 Å². The quantitative estimate of drug-likeness (QED) is 0.796. The predicted octanol–water partition coefficient (Wildman–Crippen LogP) is 4.20. The lowest BCUT2D eigenvalue weighted by molar-refractivity contribution is -0.137. The molecular formula is C20H27BrN2O2. The maximum atomic E-state index is 12.6. The van der Waals surface area contributed by atoms with E-state index in [4.69, 9.17) is 0 Å². The van der Waals surface area contributed by atoms with E-state index in [1.54, 1.807) is 4.90 Å². The van der Waals surface area contributed by atoms with Crippen molar-refractivity contribution in [2.75, 3.05) is 13.1 Å². The molecule has 2 fully saturated rings. The Balaban J connectivity index is 1.63. The van der Waals surface area contributed by atoms with Crippen LogP contribution in [0.15, 0.2) is 28.7 Å². The highest BCUT2D eigenvalue weighted by Crippen LogP contribution is 2.38. The van der Waals surface area contributed by atoms with Crippen molar-refractivity contribution in [1.29, 1.82) is 0 Å². The number of likely N-dealkylation sites (tertiary alicyclic amines) is 1. The summed E-state index contributed by atoms with van der Waals surface area (Å²) in [5.74, 6) is 0.598. The first kappa shape index (κ1) is 18.4. The molecule has 1 aliphatic carbocycles. The predicted molar refractivity (Wildman–Crippen MR) is 102 cm³/mol. The van der Waals surface area contributed by atoms with Gasteiger partial charge in [0.1, 0.15) is 0 Å². The summed E-state index contributed by atoms with van der Waals surface area (Å²) in [6, 6.07) is 8.26. The molecule has 0 aromatic heterocycles.